The van der Waals surface area contributed by atoms with Gasteiger partial charge < -0.3 is 5.11 Å². The van der Waals surface area contributed by atoms with Gasteiger partial charge in [0, 0.05) is 18.5 Å². The molecule has 5 heteroatoms. The predicted molar refractivity (Wildman–Crippen MR) is 80.5 cm³/mol. The van der Waals surface area contributed by atoms with Crippen LogP contribution >= 0.6 is 0 Å². The molecule has 20 heavy (non-hydrogen) atoms. The summed E-state index contributed by atoms with van der Waals surface area (Å²) in [5.74, 6) is 6.00. The molecular weight excluding hydrogens is 274 g/mol. The third kappa shape index (κ3) is 6.71. The van der Waals surface area contributed by atoms with Gasteiger partial charge in [-0.15, -0.1) is 0 Å². The Morgan fingerprint density at radius 1 is 1.25 bits per heavy atom. The van der Waals surface area contributed by atoms with Crippen molar-refractivity contribution >= 4 is 10.0 Å². The van der Waals surface area contributed by atoms with Gasteiger partial charge >= 0.3 is 0 Å². The Kier molecular flexibility index (Phi) is 6.73. The summed E-state index contributed by atoms with van der Waals surface area (Å²) in [4.78, 5) is 0. The number of aliphatic hydroxyl groups is 1. The van der Waals surface area contributed by atoms with Crippen molar-refractivity contribution in [3.05, 3.63) is 35.4 Å². The lowest BCUT2D eigenvalue weighted by Crippen LogP contribution is -2.28. The van der Waals surface area contributed by atoms with E-state index in [0.29, 0.717) is 13.0 Å². The number of nitrogens with one attached hydrogen (secondary N) is 1. The summed E-state index contributed by atoms with van der Waals surface area (Å²) in [7, 11) is -3.21. The lowest BCUT2D eigenvalue weighted by atomic mass is 10.1. The number of hydrogen-bond donors (Lipinski definition) is 2. The number of benzene rings is 1. The fraction of sp³-hybridized carbons (Fsp3) is 0.467. The number of aliphatic hydroxyl groups excluding tert-OH is 1. The van der Waals surface area contributed by atoms with Gasteiger partial charge in [0.25, 0.3) is 0 Å². The van der Waals surface area contributed by atoms with E-state index < -0.39 is 10.0 Å². The van der Waals surface area contributed by atoms with Crippen molar-refractivity contribution in [2.75, 3.05) is 12.4 Å². The summed E-state index contributed by atoms with van der Waals surface area (Å²) in [6.45, 7) is 4.10. The smallest absolute Gasteiger partial charge is 0.212 e. The van der Waals surface area contributed by atoms with Crippen molar-refractivity contribution in [2.24, 2.45) is 5.92 Å². The Labute approximate surface area is 121 Å². The van der Waals surface area contributed by atoms with E-state index >= 15 is 0 Å². The van der Waals surface area contributed by atoms with Gasteiger partial charge in [-0.1, -0.05) is 37.8 Å². The summed E-state index contributed by atoms with van der Waals surface area (Å²) < 4.78 is 26.0. The predicted octanol–water partition coefficient (Wildman–Crippen LogP) is 1.50. The molecule has 0 heterocycles. The number of sulfonamides is 1. The van der Waals surface area contributed by atoms with E-state index in [0.717, 1.165) is 11.1 Å². The SMILES string of the molecule is CC(C)CS(=O)(=O)NCc1ccc(C#CCCO)cc1. The highest BCUT2D eigenvalue weighted by molar-refractivity contribution is 7.89. The molecule has 0 aliphatic rings. The maximum absolute atomic E-state index is 11.7. The average Bonchev–Trinajstić information content (AvgIpc) is 2.37. The number of hydrogen-bond acceptors (Lipinski definition) is 3. The van der Waals surface area contributed by atoms with E-state index in [1.165, 1.54) is 0 Å². The highest BCUT2D eigenvalue weighted by Gasteiger charge is 2.11. The fourth-order valence-corrected chi connectivity index (χ4v) is 3.00. The molecule has 1 aromatic carbocycles. The van der Waals surface area contributed by atoms with Crippen LogP contribution < -0.4 is 4.72 Å². The quantitative estimate of drug-likeness (QED) is 0.782. The zero-order valence-corrected chi connectivity index (χ0v) is 12.7. The normalized spacial score (nSPS) is 11.2. The number of rotatable bonds is 6. The summed E-state index contributed by atoms with van der Waals surface area (Å²) >= 11 is 0. The van der Waals surface area contributed by atoms with Crippen LogP contribution in [-0.4, -0.2) is 25.9 Å². The van der Waals surface area contributed by atoms with Crippen molar-refractivity contribution in [3.8, 4) is 11.8 Å². The first kappa shape index (κ1) is 16.7. The minimum atomic E-state index is -3.21. The van der Waals surface area contributed by atoms with Crippen LogP contribution in [0, 0.1) is 17.8 Å². The van der Waals surface area contributed by atoms with Gasteiger partial charge in [-0.05, 0) is 23.6 Å². The first-order valence-corrected chi connectivity index (χ1v) is 8.24. The van der Waals surface area contributed by atoms with Crippen molar-refractivity contribution in [2.45, 2.75) is 26.8 Å². The molecule has 110 valence electrons. The maximum Gasteiger partial charge on any atom is 0.212 e. The summed E-state index contributed by atoms with van der Waals surface area (Å²) in [5, 5.41) is 8.63. The molecule has 0 atom stereocenters. The second kappa shape index (κ2) is 8.05. The third-order valence-corrected chi connectivity index (χ3v) is 4.16. The molecule has 0 aromatic heterocycles. The lowest BCUT2D eigenvalue weighted by molar-refractivity contribution is 0.305. The summed E-state index contributed by atoms with van der Waals surface area (Å²) in [5.41, 5.74) is 1.75. The zero-order valence-electron chi connectivity index (χ0n) is 11.9. The van der Waals surface area contributed by atoms with Crippen molar-refractivity contribution < 1.29 is 13.5 Å². The van der Waals surface area contributed by atoms with Crippen LogP contribution in [-0.2, 0) is 16.6 Å². The molecule has 4 nitrogen and oxygen atoms in total. The first-order valence-electron chi connectivity index (χ1n) is 6.59. The van der Waals surface area contributed by atoms with Gasteiger partial charge in [-0.3, -0.25) is 0 Å². The standard InChI is InChI=1S/C15H21NO3S/c1-13(2)12-20(18,19)16-11-15-8-6-14(7-9-15)5-3-4-10-17/h6-9,13,16-17H,4,10-12H2,1-2H3. The van der Waals surface area contributed by atoms with Gasteiger partial charge in [0.1, 0.15) is 0 Å². The van der Waals surface area contributed by atoms with Crippen molar-refractivity contribution in [1.82, 2.24) is 4.72 Å². The van der Waals surface area contributed by atoms with Crippen LogP contribution in [0.3, 0.4) is 0 Å². The Balaban J connectivity index is 2.56. The molecule has 1 rings (SSSR count). The third-order valence-electron chi connectivity index (χ3n) is 2.47. The van der Waals surface area contributed by atoms with Crippen LogP contribution in [0.2, 0.25) is 0 Å². The van der Waals surface area contributed by atoms with E-state index in [1.54, 1.807) is 0 Å². The second-order valence-electron chi connectivity index (χ2n) is 4.97. The molecule has 0 bridgehead atoms. The topological polar surface area (TPSA) is 66.4 Å². The molecule has 0 aliphatic heterocycles. The Morgan fingerprint density at radius 3 is 2.45 bits per heavy atom. The molecule has 0 spiro atoms. The molecule has 0 saturated heterocycles. The van der Waals surface area contributed by atoms with Gasteiger partial charge in [0.2, 0.25) is 10.0 Å². The van der Waals surface area contributed by atoms with E-state index in [4.69, 9.17) is 5.11 Å². The zero-order chi connectivity index (χ0) is 15.0. The average molecular weight is 295 g/mol. The van der Waals surface area contributed by atoms with E-state index in [9.17, 15) is 8.42 Å². The van der Waals surface area contributed by atoms with E-state index in [-0.39, 0.29) is 18.3 Å². The van der Waals surface area contributed by atoms with Crippen LogP contribution in [0.15, 0.2) is 24.3 Å². The molecule has 1 aromatic rings. The van der Waals surface area contributed by atoms with Gasteiger partial charge in [0.05, 0.1) is 12.4 Å². The molecule has 0 amide bonds. The van der Waals surface area contributed by atoms with Gasteiger partial charge in [-0.25, -0.2) is 13.1 Å². The molecule has 0 radical (unpaired) electrons. The van der Waals surface area contributed by atoms with E-state index in [2.05, 4.69) is 16.6 Å². The van der Waals surface area contributed by atoms with Gasteiger partial charge in [-0.2, -0.15) is 0 Å². The van der Waals surface area contributed by atoms with Crippen molar-refractivity contribution in [3.63, 3.8) is 0 Å². The van der Waals surface area contributed by atoms with Crippen LogP contribution in [0.25, 0.3) is 0 Å². The Morgan fingerprint density at radius 2 is 1.90 bits per heavy atom. The Bertz CT molecular complexity index is 565. The highest BCUT2D eigenvalue weighted by Crippen LogP contribution is 2.05. The molecular formula is C15H21NO3S. The summed E-state index contributed by atoms with van der Waals surface area (Å²) in [6.07, 6.45) is 0.455. The minimum absolute atomic E-state index is 0.0582. The fourth-order valence-electron chi connectivity index (χ4n) is 1.62. The molecule has 0 fully saturated rings. The van der Waals surface area contributed by atoms with Crippen LogP contribution in [0.4, 0.5) is 0 Å². The molecule has 0 unspecified atom stereocenters. The first-order chi connectivity index (χ1) is 9.43. The molecule has 0 saturated carbocycles. The van der Waals surface area contributed by atoms with Crippen LogP contribution in [0.5, 0.6) is 0 Å². The van der Waals surface area contributed by atoms with E-state index in [1.807, 2.05) is 38.1 Å². The lowest BCUT2D eigenvalue weighted by Gasteiger charge is -2.08. The summed E-state index contributed by atoms with van der Waals surface area (Å²) in [6, 6.07) is 7.38. The molecule has 0 aliphatic carbocycles. The maximum atomic E-state index is 11.7. The molecule has 2 N–H and O–H groups in total. The van der Waals surface area contributed by atoms with Crippen molar-refractivity contribution in [1.29, 1.82) is 0 Å². The van der Waals surface area contributed by atoms with Crippen LogP contribution in [0.1, 0.15) is 31.4 Å². The highest BCUT2D eigenvalue weighted by atomic mass is 32.2. The second-order valence-corrected chi connectivity index (χ2v) is 6.82. The van der Waals surface area contributed by atoms with Gasteiger partial charge in [0.15, 0.2) is 0 Å². The monoisotopic (exact) mass is 295 g/mol. The Hall–Kier alpha value is -1.35. The minimum Gasteiger partial charge on any atom is -0.395 e. The largest absolute Gasteiger partial charge is 0.395 e.